The van der Waals surface area contributed by atoms with E-state index >= 15 is 0 Å². The molecular weight excluding hydrogens is 376 g/mol. The van der Waals surface area contributed by atoms with Crippen LogP contribution in [0.3, 0.4) is 0 Å². The third-order valence-electron chi connectivity index (χ3n) is 4.94. The van der Waals surface area contributed by atoms with Gasteiger partial charge in [0.25, 0.3) is 0 Å². The number of aliphatic imine (C=N–C) groups is 1. The molecule has 0 aromatic heterocycles. The Kier molecular flexibility index (Phi) is 5.70. The number of amides is 1. The van der Waals surface area contributed by atoms with Gasteiger partial charge < -0.3 is 10.1 Å². The van der Waals surface area contributed by atoms with Gasteiger partial charge in [-0.15, -0.1) is 0 Å². The van der Waals surface area contributed by atoms with Gasteiger partial charge in [-0.3, -0.25) is 0 Å². The summed E-state index contributed by atoms with van der Waals surface area (Å²) in [5, 5.41) is 2.65. The highest BCUT2D eigenvalue weighted by atomic mass is 16.5. The first-order valence-corrected chi connectivity index (χ1v) is 9.52. The van der Waals surface area contributed by atoms with E-state index in [0.717, 1.165) is 5.56 Å². The van der Waals surface area contributed by atoms with Gasteiger partial charge in [-0.25, -0.2) is 9.59 Å². The van der Waals surface area contributed by atoms with Crippen molar-refractivity contribution in [2.45, 2.75) is 5.92 Å². The zero-order valence-electron chi connectivity index (χ0n) is 16.1. The van der Waals surface area contributed by atoms with E-state index in [4.69, 9.17) is 4.74 Å². The molecule has 0 saturated carbocycles. The van der Waals surface area contributed by atoms with Crippen LogP contribution < -0.4 is 5.32 Å². The molecule has 3 aromatic carbocycles. The maximum atomic E-state index is 12.1. The number of carbonyl (C=O) groups is 1. The summed E-state index contributed by atoms with van der Waals surface area (Å²) in [5.41, 5.74) is 6.01. The van der Waals surface area contributed by atoms with E-state index in [9.17, 15) is 9.59 Å². The van der Waals surface area contributed by atoms with Crippen molar-refractivity contribution in [3.63, 3.8) is 0 Å². The van der Waals surface area contributed by atoms with Crippen LogP contribution in [0.25, 0.3) is 11.1 Å². The van der Waals surface area contributed by atoms with Crippen LogP contribution in [0.1, 0.15) is 22.6 Å². The largest absolute Gasteiger partial charge is 0.449 e. The van der Waals surface area contributed by atoms with Crippen LogP contribution >= 0.6 is 0 Å². The first-order chi connectivity index (χ1) is 14.8. The Hall–Kier alpha value is -4.13. The number of nitrogens with zero attached hydrogens (tertiary/aromatic N) is 1. The average molecular weight is 394 g/mol. The van der Waals surface area contributed by atoms with Crippen molar-refractivity contribution >= 4 is 17.9 Å². The molecular formula is C25H18N2O3. The van der Waals surface area contributed by atoms with Crippen molar-refractivity contribution < 1.29 is 14.3 Å². The Labute approximate surface area is 174 Å². The molecule has 0 saturated heterocycles. The number of alkyl carbamates (subject to hydrolysis) is 1. The predicted octanol–water partition coefficient (Wildman–Crippen LogP) is 4.54. The van der Waals surface area contributed by atoms with E-state index in [-0.39, 0.29) is 19.1 Å². The van der Waals surface area contributed by atoms with Gasteiger partial charge in [0.1, 0.15) is 6.61 Å². The van der Waals surface area contributed by atoms with Gasteiger partial charge in [0.2, 0.25) is 6.08 Å². The molecule has 0 atom stereocenters. The highest BCUT2D eigenvalue weighted by Gasteiger charge is 2.28. The molecule has 4 rings (SSSR count). The molecule has 0 aliphatic heterocycles. The van der Waals surface area contributed by atoms with Crippen molar-refractivity contribution in [3.8, 4) is 23.0 Å². The second-order valence-electron chi connectivity index (χ2n) is 6.73. The lowest BCUT2D eigenvalue weighted by Gasteiger charge is -2.14. The first kappa shape index (κ1) is 19.2. The van der Waals surface area contributed by atoms with Crippen molar-refractivity contribution in [2.24, 2.45) is 4.99 Å². The van der Waals surface area contributed by atoms with Crippen LogP contribution in [0.2, 0.25) is 0 Å². The molecule has 0 spiro atoms. The number of hydrogen-bond acceptors (Lipinski definition) is 4. The third-order valence-corrected chi connectivity index (χ3v) is 4.94. The zero-order chi connectivity index (χ0) is 20.8. The molecule has 5 heteroatoms. The van der Waals surface area contributed by atoms with E-state index in [0.29, 0.717) is 5.69 Å². The summed E-state index contributed by atoms with van der Waals surface area (Å²) in [7, 11) is 0. The molecule has 0 unspecified atom stereocenters. The molecule has 0 radical (unpaired) electrons. The van der Waals surface area contributed by atoms with E-state index in [1.807, 2.05) is 24.3 Å². The fourth-order valence-electron chi connectivity index (χ4n) is 3.58. The summed E-state index contributed by atoms with van der Waals surface area (Å²) >= 11 is 0. The molecule has 1 amide bonds. The van der Waals surface area contributed by atoms with Gasteiger partial charge in [0.05, 0.1) is 12.2 Å². The Balaban J connectivity index is 1.32. The van der Waals surface area contributed by atoms with Gasteiger partial charge in [-0.2, -0.15) is 4.99 Å². The number of carbonyl (C=O) groups excluding carboxylic acids is 2. The topological polar surface area (TPSA) is 67.8 Å². The summed E-state index contributed by atoms with van der Waals surface area (Å²) in [5.74, 6) is 5.83. The molecule has 1 aliphatic rings. The summed E-state index contributed by atoms with van der Waals surface area (Å²) in [6, 6.07) is 23.3. The molecule has 30 heavy (non-hydrogen) atoms. The monoisotopic (exact) mass is 394 g/mol. The molecule has 146 valence electrons. The second kappa shape index (κ2) is 8.91. The van der Waals surface area contributed by atoms with E-state index in [1.165, 1.54) is 28.3 Å². The van der Waals surface area contributed by atoms with Crippen molar-refractivity contribution in [1.29, 1.82) is 0 Å². The van der Waals surface area contributed by atoms with Crippen molar-refractivity contribution in [3.05, 3.63) is 89.5 Å². The Morgan fingerprint density at radius 2 is 1.57 bits per heavy atom. The highest BCUT2D eigenvalue weighted by molar-refractivity contribution is 5.79. The van der Waals surface area contributed by atoms with Crippen LogP contribution in [0, 0.1) is 11.8 Å². The van der Waals surface area contributed by atoms with Crippen LogP contribution in [0.4, 0.5) is 10.5 Å². The number of hydrogen-bond donors (Lipinski definition) is 1. The van der Waals surface area contributed by atoms with Crippen LogP contribution in [0.15, 0.2) is 77.8 Å². The van der Waals surface area contributed by atoms with Crippen molar-refractivity contribution in [2.75, 3.05) is 13.2 Å². The number of fused-ring (bicyclic) bond motifs is 3. The summed E-state index contributed by atoms with van der Waals surface area (Å²) in [6.45, 7) is 0.441. The Morgan fingerprint density at radius 1 is 0.933 bits per heavy atom. The Morgan fingerprint density at radius 3 is 2.20 bits per heavy atom. The molecule has 0 fully saturated rings. The second-order valence-corrected chi connectivity index (χ2v) is 6.73. The van der Waals surface area contributed by atoms with E-state index in [1.54, 1.807) is 24.3 Å². The summed E-state index contributed by atoms with van der Waals surface area (Å²) < 4.78 is 5.47. The SMILES string of the molecule is O=C=Nc1ccc(C#CCNC(=O)OCC2c3ccccc3-c3ccccc32)cc1. The van der Waals surface area contributed by atoms with Gasteiger partial charge in [0, 0.05) is 11.5 Å². The average Bonchev–Trinajstić information content (AvgIpc) is 3.10. The minimum absolute atomic E-state index is 0.0294. The van der Waals surface area contributed by atoms with Gasteiger partial charge in [-0.1, -0.05) is 60.4 Å². The first-order valence-electron chi connectivity index (χ1n) is 9.52. The van der Waals surface area contributed by atoms with Crippen molar-refractivity contribution in [1.82, 2.24) is 5.32 Å². The number of nitrogens with one attached hydrogen (secondary N) is 1. The maximum Gasteiger partial charge on any atom is 0.407 e. The van der Waals surface area contributed by atoms with Gasteiger partial charge in [-0.05, 0) is 46.5 Å². The molecule has 5 nitrogen and oxygen atoms in total. The van der Waals surface area contributed by atoms with Crippen LogP contribution in [0.5, 0.6) is 0 Å². The third kappa shape index (κ3) is 4.15. The molecule has 1 aliphatic carbocycles. The van der Waals surface area contributed by atoms with E-state index < -0.39 is 6.09 Å². The zero-order valence-corrected chi connectivity index (χ0v) is 16.1. The smallest absolute Gasteiger partial charge is 0.407 e. The lowest BCUT2D eigenvalue weighted by Crippen LogP contribution is -2.26. The number of rotatable bonds is 4. The predicted molar refractivity (Wildman–Crippen MR) is 114 cm³/mol. The number of benzene rings is 3. The fraction of sp³-hybridized carbons (Fsp3) is 0.120. The standard InChI is InChI=1S/C25H18N2O3/c28-17-27-19-13-11-18(12-14-19)6-5-15-26-25(29)30-16-24-22-9-3-1-7-20(22)21-8-2-4-10-23(21)24/h1-4,7-14,24H,15-16H2,(H,26,29). The minimum atomic E-state index is -0.498. The number of isocyanates is 1. The molecule has 1 N–H and O–H groups in total. The highest BCUT2D eigenvalue weighted by Crippen LogP contribution is 2.44. The number of ether oxygens (including phenoxy) is 1. The summed E-state index contributed by atoms with van der Waals surface area (Å²) in [6.07, 6.45) is 0.991. The normalized spacial score (nSPS) is 11.3. The lowest BCUT2D eigenvalue weighted by atomic mass is 9.98. The fourth-order valence-corrected chi connectivity index (χ4v) is 3.58. The van der Waals surface area contributed by atoms with Gasteiger partial charge in [0.15, 0.2) is 0 Å². The quantitative estimate of drug-likeness (QED) is 0.401. The van der Waals surface area contributed by atoms with Crippen LogP contribution in [-0.4, -0.2) is 25.3 Å². The van der Waals surface area contributed by atoms with Crippen LogP contribution in [-0.2, 0) is 9.53 Å². The molecule has 0 heterocycles. The Bertz CT molecular complexity index is 1140. The lowest BCUT2D eigenvalue weighted by molar-refractivity contribution is 0.144. The maximum absolute atomic E-state index is 12.1. The van der Waals surface area contributed by atoms with E-state index in [2.05, 4.69) is 46.4 Å². The summed E-state index contributed by atoms with van der Waals surface area (Å²) in [4.78, 5) is 25.8. The minimum Gasteiger partial charge on any atom is -0.449 e. The van der Waals surface area contributed by atoms with Gasteiger partial charge >= 0.3 is 6.09 Å². The molecule has 3 aromatic rings. The molecule has 0 bridgehead atoms.